The molecule has 0 saturated heterocycles. The van der Waals surface area contributed by atoms with Crippen LogP contribution in [0.4, 0.5) is 5.69 Å². The third kappa shape index (κ3) is 3.67. The Bertz CT molecular complexity index is 419. The van der Waals surface area contributed by atoms with E-state index < -0.39 is 0 Å². The molecule has 0 aromatic heterocycles. The lowest BCUT2D eigenvalue weighted by molar-refractivity contribution is 0.414. The number of hydrogen-bond acceptors (Lipinski definition) is 3. The number of methoxy groups -OCH3 is 1. The molecular weight excluding hydrogens is 212 g/mol. The van der Waals surface area contributed by atoms with Gasteiger partial charge in [-0.05, 0) is 32.4 Å². The lowest BCUT2D eigenvalue weighted by Crippen LogP contribution is -2.30. The van der Waals surface area contributed by atoms with Gasteiger partial charge in [-0.25, -0.2) is 0 Å². The van der Waals surface area contributed by atoms with Gasteiger partial charge in [-0.15, -0.1) is 0 Å². The molecule has 1 aromatic carbocycles. The zero-order valence-electron chi connectivity index (χ0n) is 11.0. The normalized spacial score (nSPS) is 10.8. The molecule has 0 aliphatic heterocycles. The minimum atomic E-state index is -0.0211. The summed E-state index contributed by atoms with van der Waals surface area (Å²) < 4.78 is 5.18. The van der Waals surface area contributed by atoms with Gasteiger partial charge in [-0.3, -0.25) is 0 Å². The monoisotopic (exact) mass is 232 g/mol. The molecule has 0 saturated carbocycles. The van der Waals surface area contributed by atoms with E-state index in [1.165, 1.54) is 0 Å². The van der Waals surface area contributed by atoms with Gasteiger partial charge in [-0.1, -0.05) is 13.3 Å². The van der Waals surface area contributed by atoms with E-state index in [0.717, 1.165) is 24.3 Å². The van der Waals surface area contributed by atoms with Crippen LogP contribution >= 0.6 is 0 Å². The van der Waals surface area contributed by atoms with Gasteiger partial charge in [0, 0.05) is 11.6 Å². The van der Waals surface area contributed by atoms with Crippen LogP contribution in [-0.2, 0) is 0 Å². The summed E-state index contributed by atoms with van der Waals surface area (Å²) in [5, 5.41) is 12.5. The topological polar surface area (TPSA) is 45.0 Å². The van der Waals surface area contributed by atoms with E-state index in [1.54, 1.807) is 19.2 Å². The lowest BCUT2D eigenvalue weighted by Gasteiger charge is -2.27. The Kier molecular flexibility index (Phi) is 4.39. The highest BCUT2D eigenvalue weighted by molar-refractivity contribution is 5.61. The molecule has 17 heavy (non-hydrogen) atoms. The molecule has 0 radical (unpaired) electrons. The third-order valence-electron chi connectivity index (χ3n) is 2.70. The number of anilines is 1. The van der Waals surface area contributed by atoms with E-state index in [9.17, 15) is 0 Å². The van der Waals surface area contributed by atoms with Crippen LogP contribution in [0.5, 0.6) is 5.75 Å². The molecule has 3 heteroatoms. The Morgan fingerprint density at radius 3 is 2.65 bits per heavy atom. The number of benzene rings is 1. The predicted octanol–water partition coefficient (Wildman–Crippen LogP) is 3.56. The summed E-state index contributed by atoms with van der Waals surface area (Å²) >= 11 is 0. The summed E-state index contributed by atoms with van der Waals surface area (Å²) in [5.74, 6) is 0.763. The second-order valence-electron chi connectivity index (χ2n) is 4.78. The van der Waals surface area contributed by atoms with E-state index in [2.05, 4.69) is 32.2 Å². The number of nitrogens with zero attached hydrogens (tertiary/aromatic N) is 1. The van der Waals surface area contributed by atoms with Crippen LogP contribution in [0.15, 0.2) is 18.2 Å². The molecule has 0 aliphatic rings. The molecule has 92 valence electrons. The summed E-state index contributed by atoms with van der Waals surface area (Å²) in [4.78, 5) is 0. The smallest absolute Gasteiger partial charge is 0.121 e. The summed E-state index contributed by atoms with van der Waals surface area (Å²) in [6.07, 6.45) is 2.15. The minimum absolute atomic E-state index is 0.0211. The Labute approximate surface area is 103 Å². The van der Waals surface area contributed by atoms with E-state index >= 15 is 0 Å². The molecule has 0 fully saturated rings. The summed E-state index contributed by atoms with van der Waals surface area (Å²) in [6.45, 7) is 6.43. The Balaban J connectivity index is 3.00. The van der Waals surface area contributed by atoms with Gasteiger partial charge in [0.1, 0.15) is 11.8 Å². The van der Waals surface area contributed by atoms with Crippen LogP contribution in [0.3, 0.4) is 0 Å². The predicted molar refractivity (Wildman–Crippen MR) is 70.3 cm³/mol. The maximum absolute atomic E-state index is 9.08. The van der Waals surface area contributed by atoms with Crippen LogP contribution in [0.1, 0.15) is 39.2 Å². The van der Waals surface area contributed by atoms with Crippen LogP contribution < -0.4 is 10.1 Å². The molecule has 0 unspecified atom stereocenters. The van der Waals surface area contributed by atoms with Crippen LogP contribution in [0.2, 0.25) is 0 Å². The SMILES string of the molecule is CCCC(C)(C)Nc1cc(OC)ccc1C#N. The highest BCUT2D eigenvalue weighted by Crippen LogP contribution is 2.26. The van der Waals surface area contributed by atoms with Gasteiger partial charge in [0.15, 0.2) is 0 Å². The first-order chi connectivity index (χ1) is 8.02. The largest absolute Gasteiger partial charge is 0.497 e. The lowest BCUT2D eigenvalue weighted by atomic mass is 9.98. The van der Waals surface area contributed by atoms with Gasteiger partial charge < -0.3 is 10.1 Å². The molecule has 1 aromatic rings. The van der Waals surface area contributed by atoms with Gasteiger partial charge in [-0.2, -0.15) is 5.26 Å². The highest BCUT2D eigenvalue weighted by Gasteiger charge is 2.17. The average molecular weight is 232 g/mol. The summed E-state index contributed by atoms with van der Waals surface area (Å²) in [7, 11) is 1.63. The number of nitriles is 1. The first-order valence-corrected chi connectivity index (χ1v) is 5.88. The fourth-order valence-corrected chi connectivity index (χ4v) is 1.90. The molecule has 0 heterocycles. The first kappa shape index (κ1) is 13.4. The van der Waals surface area contributed by atoms with Crippen molar-refractivity contribution < 1.29 is 4.74 Å². The molecule has 3 nitrogen and oxygen atoms in total. The molecule has 1 N–H and O–H groups in total. The Morgan fingerprint density at radius 2 is 2.12 bits per heavy atom. The van der Waals surface area contributed by atoms with Crippen molar-refractivity contribution in [3.05, 3.63) is 23.8 Å². The quantitative estimate of drug-likeness (QED) is 0.844. The van der Waals surface area contributed by atoms with Gasteiger partial charge in [0.05, 0.1) is 18.4 Å². The number of hydrogen-bond donors (Lipinski definition) is 1. The van der Waals surface area contributed by atoms with Crippen molar-refractivity contribution in [2.75, 3.05) is 12.4 Å². The standard InChI is InChI=1S/C14H20N2O/c1-5-8-14(2,3)16-13-9-12(17-4)7-6-11(13)10-15/h6-7,9,16H,5,8H2,1-4H3. The number of nitrogens with one attached hydrogen (secondary N) is 1. The van der Waals surface area contributed by atoms with Gasteiger partial charge in [0.2, 0.25) is 0 Å². The molecule has 1 rings (SSSR count). The van der Waals surface area contributed by atoms with E-state index in [1.807, 2.05) is 6.07 Å². The van der Waals surface area contributed by atoms with E-state index in [4.69, 9.17) is 10.00 Å². The molecule has 0 amide bonds. The second-order valence-corrected chi connectivity index (χ2v) is 4.78. The van der Waals surface area contributed by atoms with Crippen LogP contribution in [0, 0.1) is 11.3 Å². The number of ether oxygens (including phenoxy) is 1. The third-order valence-corrected chi connectivity index (χ3v) is 2.70. The van der Waals surface area contributed by atoms with Crippen molar-refractivity contribution in [3.63, 3.8) is 0 Å². The van der Waals surface area contributed by atoms with Gasteiger partial charge >= 0.3 is 0 Å². The van der Waals surface area contributed by atoms with Crippen molar-refractivity contribution in [1.29, 1.82) is 5.26 Å². The number of rotatable bonds is 5. The van der Waals surface area contributed by atoms with Crippen molar-refractivity contribution in [2.24, 2.45) is 0 Å². The maximum atomic E-state index is 9.08. The maximum Gasteiger partial charge on any atom is 0.121 e. The second kappa shape index (κ2) is 5.58. The van der Waals surface area contributed by atoms with E-state index in [-0.39, 0.29) is 5.54 Å². The molecule has 0 bridgehead atoms. The zero-order chi connectivity index (χ0) is 12.9. The summed E-state index contributed by atoms with van der Waals surface area (Å²) in [5.41, 5.74) is 1.47. The Hall–Kier alpha value is -1.69. The zero-order valence-corrected chi connectivity index (χ0v) is 11.0. The molecule has 0 aliphatic carbocycles. The fraction of sp³-hybridized carbons (Fsp3) is 0.500. The van der Waals surface area contributed by atoms with Crippen LogP contribution in [-0.4, -0.2) is 12.6 Å². The summed E-state index contributed by atoms with van der Waals surface area (Å²) in [6, 6.07) is 7.65. The van der Waals surface area contributed by atoms with Crippen molar-refractivity contribution in [1.82, 2.24) is 0 Å². The Morgan fingerprint density at radius 1 is 1.41 bits per heavy atom. The molecule has 0 spiro atoms. The van der Waals surface area contributed by atoms with Crippen molar-refractivity contribution in [3.8, 4) is 11.8 Å². The molecular formula is C14H20N2O. The van der Waals surface area contributed by atoms with Crippen LogP contribution in [0.25, 0.3) is 0 Å². The average Bonchev–Trinajstić information content (AvgIpc) is 2.28. The van der Waals surface area contributed by atoms with Crippen molar-refractivity contribution in [2.45, 2.75) is 39.2 Å². The first-order valence-electron chi connectivity index (χ1n) is 5.88. The van der Waals surface area contributed by atoms with E-state index in [0.29, 0.717) is 5.56 Å². The minimum Gasteiger partial charge on any atom is -0.497 e. The fourth-order valence-electron chi connectivity index (χ4n) is 1.90. The van der Waals surface area contributed by atoms with Crippen molar-refractivity contribution >= 4 is 5.69 Å². The highest BCUT2D eigenvalue weighted by atomic mass is 16.5. The molecule has 0 atom stereocenters. The van der Waals surface area contributed by atoms with Gasteiger partial charge in [0.25, 0.3) is 0 Å².